The third-order valence-electron chi connectivity index (χ3n) is 0.874. The Bertz CT molecular complexity index is 112. The van der Waals surface area contributed by atoms with Crippen LogP contribution in [0, 0.1) is 11.8 Å². The molecule has 52 valence electrons. The van der Waals surface area contributed by atoms with Gasteiger partial charge in [0, 0.05) is 12.2 Å². The van der Waals surface area contributed by atoms with Crippen LogP contribution in [0.1, 0.15) is 13.3 Å². The number of aliphatic hydroxyl groups excluding tert-OH is 1. The first-order chi connectivity index (χ1) is 4.31. The molecule has 1 N–H and O–H groups in total. The van der Waals surface area contributed by atoms with E-state index in [0.717, 1.165) is 5.75 Å². The fourth-order valence-electron chi connectivity index (χ4n) is 0.471. The average Bonchev–Trinajstić information content (AvgIpc) is 1.85. The minimum atomic E-state index is -0.243. The number of hydrogen-bond donors (Lipinski definition) is 1. The van der Waals surface area contributed by atoms with E-state index in [1.165, 1.54) is 0 Å². The van der Waals surface area contributed by atoms with Gasteiger partial charge in [0.2, 0.25) is 0 Å². The van der Waals surface area contributed by atoms with Gasteiger partial charge in [0.25, 0.3) is 0 Å². The largest absolute Gasteiger partial charge is 0.391 e. The minimum absolute atomic E-state index is 0.243. The monoisotopic (exact) mass is 144 g/mol. The van der Waals surface area contributed by atoms with E-state index >= 15 is 0 Å². The second-order valence-electron chi connectivity index (χ2n) is 1.74. The zero-order valence-corrected chi connectivity index (χ0v) is 6.66. The molecule has 9 heavy (non-hydrogen) atoms. The molecule has 0 rings (SSSR count). The Kier molecular flexibility index (Phi) is 5.91. The summed E-state index contributed by atoms with van der Waals surface area (Å²) in [6.07, 6.45) is 2.34. The van der Waals surface area contributed by atoms with E-state index in [4.69, 9.17) is 5.11 Å². The normalized spacial score (nSPS) is 11.9. The van der Waals surface area contributed by atoms with E-state index < -0.39 is 0 Å². The topological polar surface area (TPSA) is 20.2 Å². The molecule has 0 saturated carbocycles. The number of hydrogen-bond acceptors (Lipinski definition) is 2. The van der Waals surface area contributed by atoms with Gasteiger partial charge in [0.1, 0.15) is 0 Å². The van der Waals surface area contributed by atoms with E-state index in [2.05, 4.69) is 11.8 Å². The molecule has 0 saturated heterocycles. The molecule has 1 atom stereocenters. The van der Waals surface area contributed by atoms with Gasteiger partial charge in [-0.05, 0) is 13.2 Å². The van der Waals surface area contributed by atoms with E-state index in [9.17, 15) is 0 Å². The van der Waals surface area contributed by atoms with Gasteiger partial charge in [-0.25, -0.2) is 0 Å². The summed E-state index contributed by atoms with van der Waals surface area (Å²) < 4.78 is 0. The van der Waals surface area contributed by atoms with Crippen molar-refractivity contribution < 1.29 is 5.11 Å². The Morgan fingerprint density at radius 2 is 2.33 bits per heavy atom. The van der Waals surface area contributed by atoms with E-state index in [0.29, 0.717) is 6.42 Å². The van der Waals surface area contributed by atoms with Crippen molar-refractivity contribution in [3.05, 3.63) is 0 Å². The highest BCUT2D eigenvalue weighted by Gasteiger charge is 1.97. The second-order valence-corrected chi connectivity index (χ2v) is 2.65. The summed E-state index contributed by atoms with van der Waals surface area (Å²) in [6, 6.07) is 0. The Balaban J connectivity index is 3.22. The molecular weight excluding hydrogens is 132 g/mol. The Hall–Kier alpha value is -0.130. The molecule has 0 aromatic carbocycles. The zero-order chi connectivity index (χ0) is 7.11. The van der Waals surface area contributed by atoms with Crippen LogP contribution in [0.15, 0.2) is 0 Å². The van der Waals surface area contributed by atoms with Gasteiger partial charge in [0.05, 0.1) is 6.10 Å². The predicted octanol–water partition coefficient (Wildman–Crippen LogP) is 1.12. The first-order valence-electron chi connectivity index (χ1n) is 2.88. The fraction of sp³-hybridized carbons (Fsp3) is 0.714. The molecule has 0 fully saturated rings. The summed E-state index contributed by atoms with van der Waals surface area (Å²) in [5.74, 6) is 6.34. The van der Waals surface area contributed by atoms with Gasteiger partial charge < -0.3 is 5.11 Å². The highest BCUT2D eigenvalue weighted by Crippen LogP contribution is 1.99. The van der Waals surface area contributed by atoms with Gasteiger partial charge in [-0.15, -0.1) is 11.8 Å². The molecule has 0 bridgehead atoms. The third kappa shape index (κ3) is 5.75. The molecule has 0 aliphatic rings. The Labute approximate surface area is 60.8 Å². The fourth-order valence-corrected chi connectivity index (χ4v) is 0.974. The third-order valence-corrected chi connectivity index (χ3v) is 1.59. The van der Waals surface area contributed by atoms with Gasteiger partial charge in [-0.1, -0.05) is 0 Å². The van der Waals surface area contributed by atoms with Crippen LogP contribution in [0.3, 0.4) is 0 Å². The van der Waals surface area contributed by atoms with Crippen LogP contribution in [0.25, 0.3) is 0 Å². The van der Waals surface area contributed by atoms with Crippen LogP contribution < -0.4 is 0 Å². The maximum absolute atomic E-state index is 9.06. The second kappa shape index (κ2) is 6.00. The summed E-state index contributed by atoms with van der Waals surface area (Å²) in [5.41, 5.74) is 0. The smallest absolute Gasteiger partial charge is 0.0739 e. The molecule has 0 spiro atoms. The van der Waals surface area contributed by atoms with E-state index in [1.54, 1.807) is 18.7 Å². The quantitative estimate of drug-likeness (QED) is 0.599. The Morgan fingerprint density at radius 3 is 2.78 bits per heavy atom. The van der Waals surface area contributed by atoms with Crippen LogP contribution in [-0.2, 0) is 0 Å². The summed E-state index contributed by atoms with van der Waals surface area (Å²) in [5, 5.41) is 9.06. The Morgan fingerprint density at radius 1 is 1.67 bits per heavy atom. The maximum Gasteiger partial charge on any atom is 0.0739 e. The lowest BCUT2D eigenvalue weighted by atomic mass is 10.3. The van der Waals surface area contributed by atoms with Crippen LogP contribution in [-0.4, -0.2) is 23.2 Å². The van der Waals surface area contributed by atoms with E-state index in [1.807, 2.05) is 6.26 Å². The minimum Gasteiger partial charge on any atom is -0.391 e. The van der Waals surface area contributed by atoms with Crippen molar-refractivity contribution in [2.45, 2.75) is 19.4 Å². The van der Waals surface area contributed by atoms with Crippen LogP contribution >= 0.6 is 11.8 Å². The van der Waals surface area contributed by atoms with Crippen LogP contribution in [0.2, 0.25) is 0 Å². The molecule has 0 aliphatic carbocycles. The molecule has 0 heterocycles. The molecule has 0 aromatic heterocycles. The first-order valence-corrected chi connectivity index (χ1v) is 4.27. The summed E-state index contributed by atoms with van der Waals surface area (Å²) >= 11 is 1.64. The lowest BCUT2D eigenvalue weighted by Crippen LogP contribution is -2.07. The van der Waals surface area contributed by atoms with Crippen LogP contribution in [0.5, 0.6) is 0 Å². The number of aliphatic hydroxyl groups is 1. The molecule has 0 radical (unpaired) electrons. The van der Waals surface area contributed by atoms with Crippen molar-refractivity contribution in [3.8, 4) is 11.8 Å². The SMILES string of the molecule is CC#CCC(O)CSC. The lowest BCUT2D eigenvalue weighted by molar-refractivity contribution is 0.205. The van der Waals surface area contributed by atoms with Crippen molar-refractivity contribution in [2.75, 3.05) is 12.0 Å². The molecule has 0 aliphatic heterocycles. The van der Waals surface area contributed by atoms with Gasteiger partial charge in [0.15, 0.2) is 0 Å². The molecular formula is C7H12OS. The average molecular weight is 144 g/mol. The van der Waals surface area contributed by atoms with Gasteiger partial charge >= 0.3 is 0 Å². The molecule has 2 heteroatoms. The number of thioether (sulfide) groups is 1. The van der Waals surface area contributed by atoms with Crippen molar-refractivity contribution in [2.24, 2.45) is 0 Å². The highest BCUT2D eigenvalue weighted by molar-refractivity contribution is 7.98. The van der Waals surface area contributed by atoms with Crippen molar-refractivity contribution in [1.29, 1.82) is 0 Å². The van der Waals surface area contributed by atoms with Gasteiger partial charge in [-0.3, -0.25) is 0 Å². The molecule has 0 aromatic rings. The molecule has 1 nitrogen and oxygen atoms in total. The predicted molar refractivity (Wildman–Crippen MR) is 42.5 cm³/mol. The van der Waals surface area contributed by atoms with Crippen molar-refractivity contribution in [1.82, 2.24) is 0 Å². The molecule has 1 unspecified atom stereocenters. The van der Waals surface area contributed by atoms with Crippen molar-refractivity contribution >= 4 is 11.8 Å². The maximum atomic E-state index is 9.06. The lowest BCUT2D eigenvalue weighted by Gasteiger charge is -2.01. The summed E-state index contributed by atoms with van der Waals surface area (Å²) in [7, 11) is 0. The van der Waals surface area contributed by atoms with Crippen molar-refractivity contribution in [3.63, 3.8) is 0 Å². The van der Waals surface area contributed by atoms with Crippen LogP contribution in [0.4, 0.5) is 0 Å². The summed E-state index contributed by atoms with van der Waals surface area (Å²) in [6.45, 7) is 1.78. The molecule has 0 amide bonds. The number of rotatable bonds is 3. The van der Waals surface area contributed by atoms with E-state index in [-0.39, 0.29) is 6.10 Å². The zero-order valence-electron chi connectivity index (χ0n) is 5.85. The standard InChI is InChI=1S/C7H12OS/c1-3-4-5-7(8)6-9-2/h7-8H,5-6H2,1-2H3. The highest BCUT2D eigenvalue weighted by atomic mass is 32.2. The summed E-state index contributed by atoms with van der Waals surface area (Å²) in [4.78, 5) is 0. The van der Waals surface area contributed by atoms with Gasteiger partial charge in [-0.2, -0.15) is 11.8 Å². The first kappa shape index (κ1) is 8.87.